The third-order valence-corrected chi connectivity index (χ3v) is 4.39. The van der Waals surface area contributed by atoms with Crippen LogP contribution in [0.1, 0.15) is 17.1 Å². The van der Waals surface area contributed by atoms with Crippen LogP contribution in [-0.4, -0.2) is 32.3 Å². The summed E-state index contributed by atoms with van der Waals surface area (Å²) in [4.78, 5) is 15.6. The molecule has 0 radical (unpaired) electrons. The number of fused-ring (bicyclic) bond motifs is 1. The summed E-state index contributed by atoms with van der Waals surface area (Å²) in [6.45, 7) is 0.551. The van der Waals surface area contributed by atoms with Crippen molar-refractivity contribution >= 4 is 33.9 Å². The van der Waals surface area contributed by atoms with E-state index in [1.165, 1.54) is 11.3 Å². The molecule has 120 valence electrons. The Hall–Kier alpha value is -2.12. The van der Waals surface area contributed by atoms with Crippen molar-refractivity contribution in [1.29, 1.82) is 0 Å². The maximum Gasteiger partial charge on any atom is 0.309 e. The Morgan fingerprint density at radius 1 is 1.39 bits per heavy atom. The van der Waals surface area contributed by atoms with Crippen LogP contribution in [0.2, 0.25) is 5.02 Å². The quantitative estimate of drug-likeness (QED) is 0.662. The van der Waals surface area contributed by atoms with Crippen LogP contribution < -0.4 is 4.74 Å². The minimum Gasteiger partial charge on any atom is -0.492 e. The lowest BCUT2D eigenvalue weighted by molar-refractivity contribution is -0.136. The number of hydrogen-bond donors (Lipinski definition) is 1. The van der Waals surface area contributed by atoms with Crippen LogP contribution in [0.25, 0.3) is 4.96 Å². The number of aromatic nitrogens is 3. The lowest BCUT2D eigenvalue weighted by Crippen LogP contribution is -2.00. The normalized spacial score (nSPS) is 11.0. The summed E-state index contributed by atoms with van der Waals surface area (Å²) < 4.78 is 7.27. The average Bonchev–Trinajstić information content (AvgIpc) is 3.02. The fraction of sp³-hybridized carbons (Fsp3) is 0.267. The maximum atomic E-state index is 10.7. The molecule has 1 aromatic carbocycles. The van der Waals surface area contributed by atoms with Crippen molar-refractivity contribution < 1.29 is 14.6 Å². The molecule has 0 bridgehead atoms. The van der Waals surface area contributed by atoms with E-state index in [4.69, 9.17) is 21.4 Å². The number of hydrogen-bond acceptors (Lipinski definition) is 5. The summed E-state index contributed by atoms with van der Waals surface area (Å²) in [6.07, 6.45) is 3.15. The third kappa shape index (κ3) is 4.00. The number of aryl methyl sites for hydroxylation is 1. The van der Waals surface area contributed by atoms with Gasteiger partial charge in [0.15, 0.2) is 0 Å². The van der Waals surface area contributed by atoms with Gasteiger partial charge in [-0.2, -0.15) is 5.10 Å². The Bertz CT molecular complexity index is 799. The number of aliphatic carboxylic acids is 1. The number of para-hydroxylation sites is 1. The fourth-order valence-corrected chi connectivity index (χ4v) is 3.22. The van der Waals surface area contributed by atoms with Gasteiger partial charge in [0.25, 0.3) is 0 Å². The number of halogens is 1. The summed E-state index contributed by atoms with van der Waals surface area (Å²) in [6, 6.07) is 7.37. The number of nitrogens with zero attached hydrogens (tertiary/aromatic N) is 3. The Morgan fingerprint density at radius 3 is 2.96 bits per heavy atom. The lowest BCUT2D eigenvalue weighted by Gasteiger charge is -2.06. The number of ether oxygens (including phenoxy) is 1. The van der Waals surface area contributed by atoms with Crippen LogP contribution in [0.5, 0.6) is 5.75 Å². The minimum absolute atomic E-state index is 0.0862. The monoisotopic (exact) mass is 351 g/mol. The van der Waals surface area contributed by atoms with Crippen LogP contribution in [0.15, 0.2) is 30.5 Å². The molecular formula is C15H14ClN3O3S. The third-order valence-electron chi connectivity index (χ3n) is 3.10. The largest absolute Gasteiger partial charge is 0.492 e. The molecule has 8 heteroatoms. The van der Waals surface area contributed by atoms with Crippen molar-refractivity contribution in [3.63, 3.8) is 0 Å². The molecule has 0 fully saturated rings. The number of carboxylic acids is 1. The predicted octanol–water partition coefficient (Wildman–Crippen LogP) is 3.08. The molecule has 0 saturated heterocycles. The van der Waals surface area contributed by atoms with Crippen molar-refractivity contribution in [2.75, 3.05) is 6.61 Å². The zero-order chi connectivity index (χ0) is 16.2. The molecule has 1 N–H and O–H groups in total. The van der Waals surface area contributed by atoms with E-state index in [2.05, 4.69) is 10.1 Å². The highest BCUT2D eigenvalue weighted by Crippen LogP contribution is 2.23. The zero-order valence-electron chi connectivity index (χ0n) is 12.1. The zero-order valence-corrected chi connectivity index (χ0v) is 13.7. The van der Waals surface area contributed by atoms with Crippen molar-refractivity contribution in [2.45, 2.75) is 19.3 Å². The van der Waals surface area contributed by atoms with Gasteiger partial charge >= 0.3 is 5.97 Å². The molecule has 0 spiro atoms. The summed E-state index contributed by atoms with van der Waals surface area (Å²) in [7, 11) is 0. The highest BCUT2D eigenvalue weighted by molar-refractivity contribution is 7.16. The van der Waals surface area contributed by atoms with E-state index < -0.39 is 5.97 Å². The molecule has 0 aliphatic rings. The number of carboxylic acid groups (broad SMARTS) is 1. The Morgan fingerprint density at radius 2 is 2.22 bits per heavy atom. The van der Waals surface area contributed by atoms with Crippen molar-refractivity contribution in [3.05, 3.63) is 46.2 Å². The van der Waals surface area contributed by atoms with E-state index in [0.717, 1.165) is 17.8 Å². The Labute approximate surface area is 141 Å². The predicted molar refractivity (Wildman–Crippen MR) is 87.5 cm³/mol. The number of benzene rings is 1. The van der Waals surface area contributed by atoms with Gasteiger partial charge in [0.2, 0.25) is 4.96 Å². The first-order valence-corrected chi connectivity index (χ1v) is 8.24. The number of imidazole rings is 1. The molecule has 2 aromatic heterocycles. The number of rotatable bonds is 7. The molecule has 0 atom stereocenters. The molecule has 3 aromatic rings. The lowest BCUT2D eigenvalue weighted by atomic mass is 10.3. The standard InChI is InChI=1S/C15H14ClN3O3S/c16-11-4-1-2-5-12(11)22-7-3-6-13-18-19-9-10(8-14(20)21)17-15(19)23-13/h1-2,4-5,9H,3,6-8H2,(H,20,21). The number of carbonyl (C=O) groups is 1. The first-order chi connectivity index (χ1) is 11.1. The summed E-state index contributed by atoms with van der Waals surface area (Å²) in [5, 5.41) is 14.7. The average molecular weight is 352 g/mol. The SMILES string of the molecule is O=C(O)Cc1cn2nc(CCCOc3ccccc3Cl)sc2n1. The summed E-state index contributed by atoms with van der Waals surface area (Å²) >= 11 is 7.48. The molecule has 6 nitrogen and oxygen atoms in total. The van der Waals surface area contributed by atoms with Gasteiger partial charge in [0.05, 0.1) is 29.9 Å². The minimum atomic E-state index is -0.896. The van der Waals surface area contributed by atoms with Gasteiger partial charge in [0, 0.05) is 6.42 Å². The van der Waals surface area contributed by atoms with Crippen molar-refractivity contribution in [1.82, 2.24) is 14.6 Å². The van der Waals surface area contributed by atoms with E-state index >= 15 is 0 Å². The van der Waals surface area contributed by atoms with E-state index in [0.29, 0.717) is 28.0 Å². The van der Waals surface area contributed by atoms with Crippen LogP contribution in [0.3, 0.4) is 0 Å². The maximum absolute atomic E-state index is 10.7. The molecule has 0 amide bonds. The smallest absolute Gasteiger partial charge is 0.309 e. The summed E-state index contributed by atoms with van der Waals surface area (Å²) in [5.74, 6) is -0.214. The molecule has 0 aliphatic carbocycles. The van der Waals surface area contributed by atoms with Crippen LogP contribution in [0.4, 0.5) is 0 Å². The second-order valence-electron chi connectivity index (χ2n) is 4.91. The van der Waals surface area contributed by atoms with Gasteiger partial charge in [-0.25, -0.2) is 9.50 Å². The molecule has 0 unspecified atom stereocenters. The van der Waals surface area contributed by atoms with Gasteiger partial charge < -0.3 is 9.84 Å². The molecule has 0 aliphatic heterocycles. The molecule has 2 heterocycles. The molecule has 0 saturated carbocycles. The second kappa shape index (κ2) is 6.97. The van der Waals surface area contributed by atoms with E-state index in [9.17, 15) is 4.79 Å². The van der Waals surface area contributed by atoms with E-state index in [-0.39, 0.29) is 6.42 Å². The summed E-state index contributed by atoms with van der Waals surface area (Å²) in [5.41, 5.74) is 0.518. The Kier molecular flexibility index (Phi) is 4.78. The first-order valence-electron chi connectivity index (χ1n) is 7.05. The van der Waals surface area contributed by atoms with E-state index in [1.54, 1.807) is 16.8 Å². The van der Waals surface area contributed by atoms with E-state index in [1.807, 2.05) is 18.2 Å². The van der Waals surface area contributed by atoms with Gasteiger partial charge in [-0.3, -0.25) is 4.79 Å². The fourth-order valence-electron chi connectivity index (χ4n) is 2.09. The van der Waals surface area contributed by atoms with Gasteiger partial charge in [-0.15, -0.1) is 0 Å². The molecular weight excluding hydrogens is 338 g/mol. The molecule has 23 heavy (non-hydrogen) atoms. The Balaban J connectivity index is 1.52. The van der Waals surface area contributed by atoms with Crippen molar-refractivity contribution in [2.24, 2.45) is 0 Å². The topological polar surface area (TPSA) is 76.7 Å². The van der Waals surface area contributed by atoms with Crippen LogP contribution in [0, 0.1) is 0 Å². The van der Waals surface area contributed by atoms with Crippen LogP contribution >= 0.6 is 22.9 Å². The highest BCUT2D eigenvalue weighted by Gasteiger charge is 2.10. The first kappa shape index (κ1) is 15.8. The second-order valence-corrected chi connectivity index (χ2v) is 6.36. The van der Waals surface area contributed by atoms with Crippen LogP contribution in [-0.2, 0) is 17.6 Å². The van der Waals surface area contributed by atoms with Crippen molar-refractivity contribution in [3.8, 4) is 5.75 Å². The highest BCUT2D eigenvalue weighted by atomic mass is 35.5. The van der Waals surface area contributed by atoms with Gasteiger partial charge in [-0.1, -0.05) is 35.1 Å². The van der Waals surface area contributed by atoms with Gasteiger partial charge in [0.1, 0.15) is 10.8 Å². The van der Waals surface area contributed by atoms with Gasteiger partial charge in [-0.05, 0) is 18.6 Å². The molecule has 3 rings (SSSR count).